The highest BCUT2D eigenvalue weighted by atomic mass is 16.6. The molecule has 0 aromatic carbocycles. The third-order valence-electron chi connectivity index (χ3n) is 5.51. The Morgan fingerprint density at radius 2 is 1.58 bits per heavy atom. The predicted octanol–water partition coefficient (Wildman–Crippen LogP) is 1.76. The number of carbonyl (C=O) groups is 2. The van der Waals surface area contributed by atoms with Crippen molar-refractivity contribution in [2.75, 3.05) is 13.2 Å². The Labute approximate surface area is 155 Å². The second kappa shape index (κ2) is 10.8. The third-order valence-corrected chi connectivity index (χ3v) is 5.51. The molecule has 1 amide bonds. The van der Waals surface area contributed by atoms with Crippen LogP contribution in [0.3, 0.4) is 0 Å². The molecule has 2 saturated heterocycles. The Hall–Kier alpha value is -1.18. The van der Waals surface area contributed by atoms with Gasteiger partial charge in [0.1, 0.15) is 24.6 Å². The van der Waals surface area contributed by atoms with E-state index in [0.29, 0.717) is 25.7 Å². The van der Waals surface area contributed by atoms with Gasteiger partial charge in [-0.05, 0) is 19.3 Å². The maximum absolute atomic E-state index is 11.7. The first-order valence-corrected chi connectivity index (χ1v) is 10.00. The van der Waals surface area contributed by atoms with Crippen molar-refractivity contribution in [2.24, 2.45) is 0 Å². The highest BCUT2D eigenvalue weighted by molar-refractivity contribution is 5.78. The van der Waals surface area contributed by atoms with E-state index in [1.807, 2.05) is 0 Å². The first-order valence-electron chi connectivity index (χ1n) is 10.00. The van der Waals surface area contributed by atoms with Gasteiger partial charge < -0.3 is 20.1 Å². The van der Waals surface area contributed by atoms with Crippen molar-refractivity contribution < 1.29 is 29.6 Å². The fourth-order valence-corrected chi connectivity index (χ4v) is 3.98. The van der Waals surface area contributed by atoms with Gasteiger partial charge in [0.25, 0.3) is 0 Å². The lowest BCUT2D eigenvalue weighted by Crippen LogP contribution is -2.38. The average molecular weight is 371 g/mol. The summed E-state index contributed by atoms with van der Waals surface area (Å²) < 4.78 is 4.97. The van der Waals surface area contributed by atoms with Crippen molar-refractivity contribution in [2.45, 2.75) is 94.9 Å². The van der Waals surface area contributed by atoms with E-state index in [1.54, 1.807) is 0 Å². The molecule has 2 rings (SSSR count). The summed E-state index contributed by atoms with van der Waals surface area (Å²) >= 11 is 0. The largest absolute Gasteiger partial charge is 0.447 e. The third kappa shape index (κ3) is 5.66. The first-order chi connectivity index (χ1) is 12.6. The van der Waals surface area contributed by atoms with Crippen LogP contribution in [0.4, 0.5) is 4.79 Å². The Morgan fingerprint density at radius 1 is 0.962 bits per heavy atom. The summed E-state index contributed by atoms with van der Waals surface area (Å²) in [6.45, 7) is 0.248. The van der Waals surface area contributed by atoms with E-state index >= 15 is 0 Å². The number of Topliss-reactive ketones (excluding diaryl/α,β-unsaturated/α-hetero) is 1. The minimum atomic E-state index is -0.911. The van der Waals surface area contributed by atoms with Gasteiger partial charge in [0.05, 0.1) is 12.1 Å². The number of ketones is 1. The molecule has 150 valence electrons. The van der Waals surface area contributed by atoms with Crippen LogP contribution in [0.1, 0.15) is 70.6 Å². The van der Waals surface area contributed by atoms with E-state index in [-0.39, 0.29) is 25.0 Å². The van der Waals surface area contributed by atoms with E-state index < -0.39 is 24.3 Å². The van der Waals surface area contributed by atoms with Crippen LogP contribution in [-0.2, 0) is 9.53 Å². The fourth-order valence-electron chi connectivity index (χ4n) is 3.98. The topological polar surface area (TPSA) is 107 Å². The predicted molar refractivity (Wildman–Crippen MR) is 95.7 cm³/mol. The van der Waals surface area contributed by atoms with Gasteiger partial charge in [0.2, 0.25) is 0 Å². The Kier molecular flexibility index (Phi) is 8.81. The van der Waals surface area contributed by atoms with Gasteiger partial charge in [-0.2, -0.15) is 0 Å². The standard InChI is InChI=1S/C19H33NO6/c21-12-8-10-14(22)9-6-4-2-1-3-5-7-11-15-17(23)18(24)16-13-26-19(25)20(15)16/h15-18,21,23-24H,1-13H2/t15-,16-,17-,18+/m1/s1. The molecule has 4 atom stereocenters. The number of carbonyl (C=O) groups excluding carboxylic acids is 2. The molecule has 2 heterocycles. The lowest BCUT2D eigenvalue weighted by molar-refractivity contribution is -0.119. The first kappa shape index (κ1) is 21.1. The molecule has 0 unspecified atom stereocenters. The summed E-state index contributed by atoms with van der Waals surface area (Å²) in [5, 5.41) is 28.8. The highest BCUT2D eigenvalue weighted by Gasteiger charge is 2.53. The lowest BCUT2D eigenvalue weighted by Gasteiger charge is -2.22. The van der Waals surface area contributed by atoms with E-state index in [9.17, 15) is 19.8 Å². The number of nitrogens with zero attached hydrogens (tertiary/aromatic N) is 1. The molecule has 7 nitrogen and oxygen atoms in total. The number of aliphatic hydroxyl groups excluding tert-OH is 3. The summed E-state index contributed by atoms with van der Waals surface area (Å²) in [5.41, 5.74) is 0. The zero-order valence-electron chi connectivity index (χ0n) is 15.5. The minimum absolute atomic E-state index is 0.0855. The van der Waals surface area contributed by atoms with Gasteiger partial charge in [0, 0.05) is 19.4 Å². The Bertz CT molecular complexity index is 457. The lowest BCUT2D eigenvalue weighted by atomic mass is 10.0. The zero-order chi connectivity index (χ0) is 18.9. The van der Waals surface area contributed by atoms with E-state index in [0.717, 1.165) is 44.9 Å². The normalized spacial score (nSPS) is 27.7. The van der Waals surface area contributed by atoms with Crippen LogP contribution >= 0.6 is 0 Å². The number of amides is 1. The van der Waals surface area contributed by atoms with Crippen LogP contribution in [0.5, 0.6) is 0 Å². The number of hydrogen-bond donors (Lipinski definition) is 3. The maximum Gasteiger partial charge on any atom is 0.410 e. The van der Waals surface area contributed by atoms with Crippen molar-refractivity contribution in [3.8, 4) is 0 Å². The zero-order valence-corrected chi connectivity index (χ0v) is 15.5. The van der Waals surface area contributed by atoms with E-state index in [2.05, 4.69) is 0 Å². The molecule has 2 aliphatic rings. The summed E-state index contributed by atoms with van der Waals surface area (Å²) in [7, 11) is 0. The molecule has 7 heteroatoms. The number of aliphatic hydroxyl groups is 3. The van der Waals surface area contributed by atoms with Crippen LogP contribution in [-0.4, -0.2) is 69.6 Å². The van der Waals surface area contributed by atoms with Crippen LogP contribution in [0.15, 0.2) is 0 Å². The van der Waals surface area contributed by atoms with Gasteiger partial charge in [-0.15, -0.1) is 0 Å². The average Bonchev–Trinajstić information content (AvgIpc) is 3.12. The molecule has 0 aliphatic carbocycles. The maximum atomic E-state index is 11.7. The van der Waals surface area contributed by atoms with Crippen molar-refractivity contribution in [1.82, 2.24) is 4.90 Å². The summed E-state index contributed by atoms with van der Waals surface area (Å²) in [5.74, 6) is 0.245. The Balaban J connectivity index is 1.49. The molecular weight excluding hydrogens is 338 g/mol. The highest BCUT2D eigenvalue weighted by Crippen LogP contribution is 2.33. The molecule has 2 aliphatic heterocycles. The van der Waals surface area contributed by atoms with Crippen molar-refractivity contribution in [3.63, 3.8) is 0 Å². The smallest absolute Gasteiger partial charge is 0.410 e. The number of fused-ring (bicyclic) bond motifs is 1. The van der Waals surface area contributed by atoms with Gasteiger partial charge in [0.15, 0.2) is 0 Å². The van der Waals surface area contributed by atoms with Gasteiger partial charge in [-0.1, -0.05) is 38.5 Å². The molecular formula is C19H33NO6. The van der Waals surface area contributed by atoms with Crippen molar-refractivity contribution >= 4 is 11.9 Å². The summed E-state index contributed by atoms with van der Waals surface area (Å²) in [6.07, 6.45) is 7.39. The van der Waals surface area contributed by atoms with E-state index in [4.69, 9.17) is 9.84 Å². The number of rotatable bonds is 13. The van der Waals surface area contributed by atoms with Crippen molar-refractivity contribution in [3.05, 3.63) is 0 Å². The number of hydrogen-bond acceptors (Lipinski definition) is 6. The molecule has 3 N–H and O–H groups in total. The summed E-state index contributed by atoms with van der Waals surface area (Å²) in [4.78, 5) is 24.7. The molecule has 26 heavy (non-hydrogen) atoms. The second-order valence-corrected chi connectivity index (χ2v) is 7.48. The number of ether oxygens (including phenoxy) is 1. The SMILES string of the molecule is O=C(CCCO)CCCCCCCCC[C@@H]1[C@@H](O)[C@@H](O)[C@H]2COC(=O)N21. The van der Waals surface area contributed by atoms with Crippen LogP contribution < -0.4 is 0 Å². The molecule has 0 saturated carbocycles. The van der Waals surface area contributed by atoms with Gasteiger partial charge in [-0.3, -0.25) is 9.69 Å². The molecule has 0 spiro atoms. The summed E-state index contributed by atoms with van der Waals surface area (Å²) in [6, 6.07) is -0.738. The monoisotopic (exact) mass is 371 g/mol. The molecule has 0 aromatic rings. The quantitative estimate of drug-likeness (QED) is 0.426. The van der Waals surface area contributed by atoms with Crippen LogP contribution in [0.25, 0.3) is 0 Å². The number of unbranched alkanes of at least 4 members (excludes halogenated alkanes) is 6. The minimum Gasteiger partial charge on any atom is -0.447 e. The van der Waals surface area contributed by atoms with Crippen molar-refractivity contribution in [1.29, 1.82) is 0 Å². The van der Waals surface area contributed by atoms with Gasteiger partial charge in [-0.25, -0.2) is 4.79 Å². The van der Waals surface area contributed by atoms with E-state index in [1.165, 1.54) is 4.90 Å². The van der Waals surface area contributed by atoms with Crippen LogP contribution in [0, 0.1) is 0 Å². The second-order valence-electron chi connectivity index (χ2n) is 7.48. The molecule has 0 radical (unpaired) electrons. The Morgan fingerprint density at radius 3 is 2.27 bits per heavy atom. The molecule has 2 fully saturated rings. The van der Waals surface area contributed by atoms with Crippen LogP contribution in [0.2, 0.25) is 0 Å². The number of cyclic esters (lactones) is 1. The molecule has 0 bridgehead atoms. The van der Waals surface area contributed by atoms with Gasteiger partial charge >= 0.3 is 6.09 Å². The fraction of sp³-hybridized carbons (Fsp3) is 0.895. The molecule has 0 aromatic heterocycles.